The number of imide groups is 1. The number of alkyl halides is 3. The van der Waals surface area contributed by atoms with Gasteiger partial charge >= 0.3 is 12.2 Å². The first-order valence-corrected chi connectivity index (χ1v) is 9.98. The van der Waals surface area contributed by atoms with Gasteiger partial charge in [0, 0.05) is 10.5 Å². The summed E-state index contributed by atoms with van der Waals surface area (Å²) in [6.07, 6.45) is -3.05. The number of nitrogens with zero attached hydrogens (tertiary/aromatic N) is 2. The van der Waals surface area contributed by atoms with Crippen LogP contribution >= 0.6 is 15.9 Å². The van der Waals surface area contributed by atoms with Crippen molar-refractivity contribution in [3.05, 3.63) is 34.3 Å². The lowest BCUT2D eigenvalue weighted by molar-refractivity contribution is -0.166. The van der Waals surface area contributed by atoms with E-state index in [2.05, 4.69) is 21.2 Å². The average Bonchev–Trinajstić information content (AvgIpc) is 3.44. The summed E-state index contributed by atoms with van der Waals surface area (Å²) >= 11 is 3.30. The van der Waals surface area contributed by atoms with Gasteiger partial charge in [0.25, 0.3) is 5.91 Å². The van der Waals surface area contributed by atoms with Crippen LogP contribution in [0.4, 0.5) is 18.0 Å². The molecule has 2 fully saturated rings. The minimum absolute atomic E-state index is 0.0105. The number of carbonyl (C=O) groups is 3. The lowest BCUT2D eigenvalue weighted by Crippen LogP contribution is -2.50. The molecule has 158 valence electrons. The van der Waals surface area contributed by atoms with Crippen LogP contribution in [0, 0.1) is 5.92 Å². The predicted molar refractivity (Wildman–Crippen MR) is 102 cm³/mol. The molecule has 1 aromatic carbocycles. The molecule has 4 amide bonds. The van der Waals surface area contributed by atoms with Gasteiger partial charge in [-0.1, -0.05) is 28.1 Å². The number of carbonyl (C=O) groups excluding carboxylic acids is 3. The molecule has 1 aliphatic heterocycles. The van der Waals surface area contributed by atoms with Gasteiger partial charge in [-0.3, -0.25) is 14.5 Å². The molecule has 0 unspecified atom stereocenters. The van der Waals surface area contributed by atoms with E-state index in [0.717, 1.165) is 17.7 Å². The van der Waals surface area contributed by atoms with Crippen molar-refractivity contribution in [1.82, 2.24) is 15.1 Å². The first-order valence-electron chi connectivity index (χ1n) is 9.19. The van der Waals surface area contributed by atoms with Crippen LogP contribution < -0.4 is 5.32 Å². The second-order valence-electron chi connectivity index (χ2n) is 7.67. The summed E-state index contributed by atoms with van der Waals surface area (Å²) in [6, 6.07) is 5.34. The molecule has 1 aromatic rings. The summed E-state index contributed by atoms with van der Waals surface area (Å²) in [6.45, 7) is 0.927. The van der Waals surface area contributed by atoms with Gasteiger partial charge in [-0.05, 0) is 50.3 Å². The molecule has 3 rings (SSSR count). The first kappa shape index (κ1) is 21.6. The van der Waals surface area contributed by atoms with E-state index in [4.69, 9.17) is 0 Å². The van der Waals surface area contributed by atoms with Crippen molar-refractivity contribution < 1.29 is 27.6 Å². The Balaban J connectivity index is 1.80. The van der Waals surface area contributed by atoms with Crippen LogP contribution in [0.5, 0.6) is 0 Å². The molecule has 29 heavy (non-hydrogen) atoms. The van der Waals surface area contributed by atoms with Crippen molar-refractivity contribution in [3.8, 4) is 0 Å². The molecular formula is C19H21BrF3N3O3. The third kappa shape index (κ3) is 4.57. The van der Waals surface area contributed by atoms with Crippen molar-refractivity contribution in [2.75, 3.05) is 13.1 Å². The van der Waals surface area contributed by atoms with Crippen LogP contribution in [0.1, 0.15) is 32.3 Å². The van der Waals surface area contributed by atoms with Gasteiger partial charge in [0.1, 0.15) is 18.6 Å². The van der Waals surface area contributed by atoms with Crippen LogP contribution in [0.2, 0.25) is 0 Å². The maximum absolute atomic E-state index is 13.0. The molecule has 0 radical (unpaired) electrons. The van der Waals surface area contributed by atoms with Gasteiger partial charge in [0.15, 0.2) is 0 Å². The standard InChI is InChI=1S/C19H21BrF3N3O3/c1-11(12-6-7-12)26(10-19(21,22)23)15(27)9-25-16(28)18(2,24-17(25)29)13-4-3-5-14(20)8-13/h3-5,8,11-12H,6-7,9-10H2,1-2H3,(H,24,29)/t11-,18+/m1/s1. The summed E-state index contributed by atoms with van der Waals surface area (Å²) in [4.78, 5) is 39.5. The second kappa shape index (κ2) is 7.62. The van der Waals surface area contributed by atoms with Crippen LogP contribution in [0.3, 0.4) is 0 Å². The highest BCUT2D eigenvalue weighted by molar-refractivity contribution is 9.10. The highest BCUT2D eigenvalue weighted by atomic mass is 79.9. The number of hydrogen-bond donors (Lipinski definition) is 1. The molecule has 1 saturated carbocycles. The van der Waals surface area contributed by atoms with E-state index in [-0.39, 0.29) is 5.92 Å². The highest BCUT2D eigenvalue weighted by Gasteiger charge is 2.50. The van der Waals surface area contributed by atoms with Gasteiger partial charge < -0.3 is 10.2 Å². The molecule has 1 N–H and O–H groups in total. The fourth-order valence-electron chi connectivity index (χ4n) is 3.55. The lowest BCUT2D eigenvalue weighted by atomic mass is 9.92. The lowest BCUT2D eigenvalue weighted by Gasteiger charge is -2.31. The van der Waals surface area contributed by atoms with Crippen LogP contribution in [0.25, 0.3) is 0 Å². The minimum atomic E-state index is -4.57. The number of nitrogens with one attached hydrogen (secondary N) is 1. The third-order valence-corrected chi connectivity index (χ3v) is 5.93. The van der Waals surface area contributed by atoms with E-state index in [1.54, 1.807) is 31.2 Å². The molecule has 2 atom stereocenters. The number of halogens is 4. The molecule has 0 bridgehead atoms. The fourth-order valence-corrected chi connectivity index (χ4v) is 3.95. The first-order chi connectivity index (χ1) is 13.4. The van der Waals surface area contributed by atoms with Crippen molar-refractivity contribution in [3.63, 3.8) is 0 Å². The molecule has 2 aliphatic rings. The molecular weight excluding hydrogens is 455 g/mol. The zero-order chi connectivity index (χ0) is 21.6. The largest absolute Gasteiger partial charge is 0.406 e. The van der Waals surface area contributed by atoms with Gasteiger partial charge in [-0.2, -0.15) is 13.2 Å². The van der Waals surface area contributed by atoms with Crippen molar-refractivity contribution in [2.45, 2.75) is 44.4 Å². The topological polar surface area (TPSA) is 69.7 Å². The Morgan fingerprint density at radius 2 is 2.03 bits per heavy atom. The molecule has 6 nitrogen and oxygen atoms in total. The Bertz CT molecular complexity index is 843. The minimum Gasteiger partial charge on any atom is -0.329 e. The molecule has 0 spiro atoms. The number of amides is 4. The Labute approximate surface area is 174 Å². The fraction of sp³-hybridized carbons (Fsp3) is 0.526. The number of hydrogen-bond acceptors (Lipinski definition) is 3. The summed E-state index contributed by atoms with van der Waals surface area (Å²) < 4.78 is 39.7. The number of benzene rings is 1. The highest BCUT2D eigenvalue weighted by Crippen LogP contribution is 2.36. The SMILES string of the molecule is C[C@H](C1CC1)N(CC(F)(F)F)C(=O)CN1C(=O)N[C@@](C)(c2cccc(Br)c2)C1=O. The summed E-state index contributed by atoms with van der Waals surface area (Å²) in [5.74, 6) is -1.57. The Morgan fingerprint density at radius 3 is 2.59 bits per heavy atom. The predicted octanol–water partition coefficient (Wildman–Crippen LogP) is 3.41. The maximum atomic E-state index is 13.0. The van der Waals surface area contributed by atoms with Crippen molar-refractivity contribution in [1.29, 1.82) is 0 Å². The number of urea groups is 1. The molecule has 0 aromatic heterocycles. The second-order valence-corrected chi connectivity index (χ2v) is 8.59. The van der Waals surface area contributed by atoms with Gasteiger partial charge in [-0.15, -0.1) is 0 Å². The van der Waals surface area contributed by atoms with E-state index in [1.165, 1.54) is 6.92 Å². The van der Waals surface area contributed by atoms with Crippen LogP contribution in [-0.2, 0) is 15.1 Å². The monoisotopic (exact) mass is 475 g/mol. The molecule has 1 saturated heterocycles. The van der Waals surface area contributed by atoms with Gasteiger partial charge in [-0.25, -0.2) is 4.79 Å². The Hall–Kier alpha value is -2.10. The van der Waals surface area contributed by atoms with Gasteiger partial charge in [0.05, 0.1) is 0 Å². The molecule has 1 heterocycles. The molecule has 1 aliphatic carbocycles. The smallest absolute Gasteiger partial charge is 0.329 e. The summed E-state index contributed by atoms with van der Waals surface area (Å²) in [5, 5.41) is 2.55. The molecule has 10 heteroatoms. The normalized spacial score (nSPS) is 23.2. The zero-order valence-corrected chi connectivity index (χ0v) is 17.5. The van der Waals surface area contributed by atoms with Gasteiger partial charge in [0.2, 0.25) is 5.91 Å². The van der Waals surface area contributed by atoms with E-state index < -0.39 is 48.7 Å². The van der Waals surface area contributed by atoms with E-state index >= 15 is 0 Å². The summed E-state index contributed by atoms with van der Waals surface area (Å²) in [5.41, 5.74) is -0.906. The van der Waals surface area contributed by atoms with E-state index in [0.29, 0.717) is 14.9 Å². The van der Waals surface area contributed by atoms with E-state index in [1.807, 2.05) is 0 Å². The quantitative estimate of drug-likeness (QED) is 0.641. The summed E-state index contributed by atoms with van der Waals surface area (Å²) in [7, 11) is 0. The van der Waals surface area contributed by atoms with Crippen molar-refractivity contribution >= 4 is 33.8 Å². The maximum Gasteiger partial charge on any atom is 0.406 e. The van der Waals surface area contributed by atoms with Crippen molar-refractivity contribution in [2.24, 2.45) is 5.92 Å². The third-order valence-electron chi connectivity index (χ3n) is 5.44. The Morgan fingerprint density at radius 1 is 1.38 bits per heavy atom. The number of rotatable bonds is 6. The average molecular weight is 476 g/mol. The van der Waals surface area contributed by atoms with Crippen LogP contribution in [-0.4, -0.2) is 53.0 Å². The Kier molecular flexibility index (Phi) is 5.68. The zero-order valence-electron chi connectivity index (χ0n) is 15.9. The van der Waals surface area contributed by atoms with Crippen LogP contribution in [0.15, 0.2) is 28.7 Å². The van der Waals surface area contributed by atoms with E-state index in [9.17, 15) is 27.6 Å².